The molecule has 6 atom stereocenters. The van der Waals surface area contributed by atoms with Gasteiger partial charge in [0.15, 0.2) is 0 Å². The Morgan fingerprint density at radius 1 is 1.12 bits per heavy atom. The van der Waals surface area contributed by atoms with Crippen LogP contribution in [0.3, 0.4) is 0 Å². The molecule has 24 heavy (non-hydrogen) atoms. The van der Waals surface area contributed by atoms with Crippen molar-refractivity contribution in [2.75, 3.05) is 0 Å². The first kappa shape index (κ1) is 16.9. The van der Waals surface area contributed by atoms with Gasteiger partial charge >= 0.3 is 0 Å². The van der Waals surface area contributed by atoms with Crippen molar-refractivity contribution < 1.29 is 9.53 Å². The summed E-state index contributed by atoms with van der Waals surface area (Å²) in [6.45, 7) is 9.32. The summed E-state index contributed by atoms with van der Waals surface area (Å²) in [5.74, 6) is 3.53. The summed E-state index contributed by atoms with van der Waals surface area (Å²) >= 11 is 0. The molecule has 4 aliphatic carbocycles. The van der Waals surface area contributed by atoms with E-state index < -0.39 is 9.04 Å². The molecular weight excluding hydrogens is 312 g/mol. The number of aliphatic hydroxyl groups is 1. The molecule has 0 heterocycles. The number of rotatable bonds is 2. The lowest BCUT2D eigenvalue weighted by molar-refractivity contribution is -0.0631. The first-order valence-electron chi connectivity index (χ1n) is 9.92. The van der Waals surface area contributed by atoms with Crippen molar-refractivity contribution in [1.29, 1.82) is 0 Å². The number of hydrogen-bond donors (Lipinski definition) is 1. The second kappa shape index (κ2) is 5.74. The minimum Gasteiger partial charge on any atom is -0.546 e. The van der Waals surface area contributed by atoms with E-state index in [-0.39, 0.29) is 11.5 Å². The normalized spacial score (nSPS) is 47.4. The summed E-state index contributed by atoms with van der Waals surface area (Å²) < 4.78 is 6.11. The summed E-state index contributed by atoms with van der Waals surface area (Å²) in [5, 5.41) is 10.6. The van der Waals surface area contributed by atoms with E-state index in [1.54, 1.807) is 5.57 Å². The van der Waals surface area contributed by atoms with E-state index in [1.165, 1.54) is 37.9 Å². The fourth-order valence-electron chi connectivity index (χ4n) is 6.61. The minimum atomic E-state index is -0.662. The van der Waals surface area contributed by atoms with Crippen LogP contribution >= 0.6 is 0 Å². The molecule has 0 saturated heterocycles. The average molecular weight is 346 g/mol. The van der Waals surface area contributed by atoms with Crippen LogP contribution in [0, 0.1) is 28.6 Å². The molecule has 0 bridgehead atoms. The van der Waals surface area contributed by atoms with E-state index >= 15 is 0 Å². The Bertz CT molecular complexity index is 580. The van der Waals surface area contributed by atoms with Gasteiger partial charge in [-0.1, -0.05) is 19.9 Å². The molecule has 2 nitrogen and oxygen atoms in total. The molecule has 133 valence electrons. The van der Waals surface area contributed by atoms with E-state index in [2.05, 4.69) is 39.1 Å². The Labute approximate surface area is 149 Å². The van der Waals surface area contributed by atoms with Crippen LogP contribution in [0.1, 0.15) is 58.8 Å². The Morgan fingerprint density at radius 3 is 2.67 bits per heavy atom. The predicted octanol–water partition coefficient (Wildman–Crippen LogP) is 5.07. The lowest BCUT2D eigenvalue weighted by atomic mass is 9.48. The topological polar surface area (TPSA) is 29.5 Å². The standard InChI is InChI=1S/C21H33O2Si/c1-20-11-9-15(23-24(3)4)13-14(20)5-6-16-17-7-8-19(22)21(17,2)12-10-18(16)20/h5,13,16-19,22H,6-12H2,1-4H3/t16-,17-,18-,19-,20-,21-/m0/s1. The van der Waals surface area contributed by atoms with Crippen molar-refractivity contribution in [3.8, 4) is 0 Å². The van der Waals surface area contributed by atoms with Gasteiger partial charge < -0.3 is 9.53 Å². The minimum absolute atomic E-state index is 0.0671. The molecule has 4 rings (SSSR count). The van der Waals surface area contributed by atoms with Gasteiger partial charge in [-0.2, -0.15) is 0 Å². The van der Waals surface area contributed by atoms with E-state index in [9.17, 15) is 5.11 Å². The van der Waals surface area contributed by atoms with Crippen LogP contribution in [-0.2, 0) is 4.43 Å². The molecule has 0 aliphatic heterocycles. The molecule has 0 aromatic rings. The van der Waals surface area contributed by atoms with Crippen LogP contribution < -0.4 is 0 Å². The maximum atomic E-state index is 10.6. The van der Waals surface area contributed by atoms with Gasteiger partial charge in [0.25, 0.3) is 9.04 Å². The third-order valence-electron chi connectivity index (χ3n) is 8.02. The highest BCUT2D eigenvalue weighted by molar-refractivity contribution is 6.48. The molecule has 0 unspecified atom stereocenters. The van der Waals surface area contributed by atoms with Crippen molar-refractivity contribution in [2.24, 2.45) is 28.6 Å². The van der Waals surface area contributed by atoms with E-state index in [0.29, 0.717) is 5.41 Å². The SMILES string of the molecule is C[Si](C)OC1=CC2=CC[C@H]3[C@@H]4CC[C@H](O)[C@@]4(C)CC[C@@H]3[C@@]2(C)CC1. The highest BCUT2D eigenvalue weighted by atomic mass is 28.3. The Hall–Kier alpha value is -0.543. The second-order valence-corrected chi connectivity index (χ2v) is 11.5. The molecular formula is C21H33O2Si. The highest BCUT2D eigenvalue weighted by Gasteiger charge is 2.58. The van der Waals surface area contributed by atoms with E-state index in [0.717, 1.165) is 30.6 Å². The zero-order chi connectivity index (χ0) is 17.1. The van der Waals surface area contributed by atoms with Crippen LogP contribution in [0.5, 0.6) is 0 Å². The highest BCUT2D eigenvalue weighted by Crippen LogP contribution is 2.64. The summed E-state index contributed by atoms with van der Waals surface area (Å²) in [5.41, 5.74) is 2.07. The van der Waals surface area contributed by atoms with Crippen LogP contribution in [0.4, 0.5) is 0 Å². The molecule has 0 spiro atoms. The van der Waals surface area contributed by atoms with Gasteiger partial charge in [0, 0.05) is 6.42 Å². The Kier molecular flexibility index (Phi) is 4.04. The first-order valence-corrected chi connectivity index (χ1v) is 12.3. The van der Waals surface area contributed by atoms with Crippen molar-refractivity contribution in [2.45, 2.75) is 78.0 Å². The molecule has 0 aromatic heterocycles. The van der Waals surface area contributed by atoms with Crippen molar-refractivity contribution in [1.82, 2.24) is 0 Å². The maximum Gasteiger partial charge on any atom is 0.273 e. The number of aliphatic hydroxyl groups excluding tert-OH is 1. The summed E-state index contributed by atoms with van der Waals surface area (Å²) in [4.78, 5) is 0. The van der Waals surface area contributed by atoms with Gasteiger partial charge in [-0.25, -0.2) is 0 Å². The van der Waals surface area contributed by atoms with E-state index in [4.69, 9.17) is 4.43 Å². The average Bonchev–Trinajstić information content (AvgIpc) is 2.83. The summed E-state index contributed by atoms with van der Waals surface area (Å²) in [6.07, 6.45) is 13.2. The molecule has 0 amide bonds. The zero-order valence-corrected chi connectivity index (χ0v) is 16.8. The Morgan fingerprint density at radius 2 is 1.92 bits per heavy atom. The quantitative estimate of drug-likeness (QED) is 0.708. The van der Waals surface area contributed by atoms with Crippen LogP contribution in [0.25, 0.3) is 0 Å². The summed E-state index contributed by atoms with van der Waals surface area (Å²) in [7, 11) is -0.662. The first-order chi connectivity index (χ1) is 11.3. The predicted molar refractivity (Wildman–Crippen MR) is 99.7 cm³/mol. The van der Waals surface area contributed by atoms with Crippen LogP contribution in [0.15, 0.2) is 23.5 Å². The van der Waals surface area contributed by atoms with Gasteiger partial charge in [0.2, 0.25) is 0 Å². The molecule has 0 aromatic carbocycles. The monoisotopic (exact) mass is 345 g/mol. The van der Waals surface area contributed by atoms with Crippen LogP contribution in [-0.4, -0.2) is 20.3 Å². The van der Waals surface area contributed by atoms with Gasteiger partial charge in [-0.05, 0) is 91.9 Å². The third kappa shape index (κ3) is 2.38. The number of allylic oxidation sites excluding steroid dienone is 4. The smallest absolute Gasteiger partial charge is 0.273 e. The van der Waals surface area contributed by atoms with Gasteiger partial charge in [0.05, 0.1) is 11.9 Å². The lowest BCUT2D eigenvalue weighted by Gasteiger charge is -2.56. The van der Waals surface area contributed by atoms with Crippen molar-refractivity contribution >= 4 is 9.04 Å². The van der Waals surface area contributed by atoms with Gasteiger partial charge in [-0.3, -0.25) is 0 Å². The molecule has 4 aliphatic rings. The Balaban J connectivity index is 1.64. The van der Waals surface area contributed by atoms with Gasteiger partial charge in [-0.15, -0.1) is 0 Å². The molecule has 3 heteroatoms. The molecule has 2 saturated carbocycles. The third-order valence-corrected chi connectivity index (χ3v) is 8.69. The van der Waals surface area contributed by atoms with Crippen molar-refractivity contribution in [3.05, 3.63) is 23.5 Å². The largest absolute Gasteiger partial charge is 0.546 e. The maximum absolute atomic E-state index is 10.6. The molecule has 2 fully saturated rings. The van der Waals surface area contributed by atoms with Crippen LogP contribution in [0.2, 0.25) is 13.1 Å². The molecule has 1 radical (unpaired) electrons. The van der Waals surface area contributed by atoms with E-state index in [1.807, 2.05) is 0 Å². The fraction of sp³-hybridized carbons (Fsp3) is 0.810. The number of hydrogen-bond acceptors (Lipinski definition) is 2. The van der Waals surface area contributed by atoms with Gasteiger partial charge in [0.1, 0.15) is 0 Å². The lowest BCUT2D eigenvalue weighted by Crippen LogP contribution is -2.50. The molecule has 1 N–H and O–H groups in total. The second-order valence-electron chi connectivity index (χ2n) is 9.45. The summed E-state index contributed by atoms with van der Waals surface area (Å²) in [6, 6.07) is 0. The number of fused-ring (bicyclic) bond motifs is 5. The fourth-order valence-corrected chi connectivity index (χ4v) is 7.30. The van der Waals surface area contributed by atoms with Crippen molar-refractivity contribution in [3.63, 3.8) is 0 Å². The zero-order valence-electron chi connectivity index (χ0n) is 15.8.